The molecule has 2 aromatic rings. The molecule has 1 aromatic heterocycles. The van der Waals surface area contributed by atoms with Crippen molar-refractivity contribution < 1.29 is 19.0 Å². The predicted molar refractivity (Wildman–Crippen MR) is 87.9 cm³/mol. The minimum atomic E-state index is -1.35. The smallest absolute Gasteiger partial charge is 0.314 e. The molecule has 0 bridgehead atoms. The first-order valence-corrected chi connectivity index (χ1v) is 8.27. The van der Waals surface area contributed by atoms with Crippen LogP contribution in [-0.4, -0.2) is 38.6 Å². The van der Waals surface area contributed by atoms with Gasteiger partial charge in [-0.2, -0.15) is 5.10 Å². The van der Waals surface area contributed by atoms with E-state index in [4.69, 9.17) is 4.74 Å². The molecule has 1 aliphatic rings. The van der Waals surface area contributed by atoms with Crippen molar-refractivity contribution in [3.63, 3.8) is 0 Å². The van der Waals surface area contributed by atoms with E-state index < -0.39 is 17.0 Å². The van der Waals surface area contributed by atoms with Crippen LogP contribution >= 0.6 is 0 Å². The summed E-state index contributed by atoms with van der Waals surface area (Å²) in [7, 11) is 1.33. The molecule has 1 saturated carbocycles. The van der Waals surface area contributed by atoms with Crippen molar-refractivity contribution in [3.05, 3.63) is 48.3 Å². The highest BCUT2D eigenvalue weighted by atomic mass is 19.1. The van der Waals surface area contributed by atoms with Crippen LogP contribution in [0.4, 0.5) is 4.39 Å². The van der Waals surface area contributed by atoms with E-state index in [1.807, 2.05) is 0 Å². The molecular weight excluding hydrogens is 325 g/mol. The Kier molecular flexibility index (Phi) is 4.60. The Hall–Kier alpha value is -2.28. The topological polar surface area (TPSA) is 77.2 Å². The number of nitrogens with zero attached hydrogens (tertiary/aromatic N) is 3. The summed E-state index contributed by atoms with van der Waals surface area (Å²) in [4.78, 5) is 16.4. The van der Waals surface area contributed by atoms with Crippen molar-refractivity contribution in [2.24, 2.45) is 11.3 Å². The van der Waals surface area contributed by atoms with Crippen molar-refractivity contribution in [1.82, 2.24) is 14.8 Å². The van der Waals surface area contributed by atoms with E-state index >= 15 is 0 Å². The molecule has 1 fully saturated rings. The average Bonchev–Trinajstić information content (AvgIpc) is 3.19. The minimum Gasteiger partial charge on any atom is -0.469 e. The van der Waals surface area contributed by atoms with Crippen LogP contribution in [0.1, 0.15) is 25.3 Å². The summed E-state index contributed by atoms with van der Waals surface area (Å²) >= 11 is 0. The molecule has 0 radical (unpaired) electrons. The van der Waals surface area contributed by atoms with Crippen LogP contribution in [0.3, 0.4) is 0 Å². The number of methoxy groups -OCH3 is 1. The fourth-order valence-corrected chi connectivity index (χ4v) is 3.91. The van der Waals surface area contributed by atoms with E-state index in [1.54, 1.807) is 19.1 Å². The lowest BCUT2D eigenvalue weighted by Gasteiger charge is -2.40. The van der Waals surface area contributed by atoms with Crippen molar-refractivity contribution in [2.45, 2.75) is 38.3 Å². The van der Waals surface area contributed by atoms with Gasteiger partial charge in [-0.1, -0.05) is 12.1 Å². The lowest BCUT2D eigenvalue weighted by Crippen LogP contribution is -2.54. The van der Waals surface area contributed by atoms with Gasteiger partial charge >= 0.3 is 5.97 Å². The highest BCUT2D eigenvalue weighted by Gasteiger charge is 2.61. The first-order valence-electron chi connectivity index (χ1n) is 8.27. The Bertz CT molecular complexity index is 735. The fourth-order valence-electron chi connectivity index (χ4n) is 3.91. The second-order valence-corrected chi connectivity index (χ2v) is 6.91. The Morgan fingerprint density at radius 2 is 2.16 bits per heavy atom. The summed E-state index contributed by atoms with van der Waals surface area (Å²) in [6, 6.07) is 6.22. The zero-order valence-electron chi connectivity index (χ0n) is 14.4. The van der Waals surface area contributed by atoms with E-state index in [-0.39, 0.29) is 18.3 Å². The monoisotopic (exact) mass is 347 g/mol. The Labute approximate surface area is 145 Å². The average molecular weight is 347 g/mol. The van der Waals surface area contributed by atoms with Gasteiger partial charge in [0.05, 0.1) is 19.1 Å². The molecule has 3 atom stereocenters. The van der Waals surface area contributed by atoms with Crippen molar-refractivity contribution >= 4 is 5.97 Å². The van der Waals surface area contributed by atoms with Crippen molar-refractivity contribution in [1.29, 1.82) is 0 Å². The molecule has 0 spiro atoms. The molecule has 1 N–H and O–H groups in total. The summed E-state index contributed by atoms with van der Waals surface area (Å²) in [5.74, 6) is -0.921. The normalized spacial score (nSPS) is 28.9. The molecule has 0 amide bonds. The highest BCUT2D eigenvalue weighted by molar-refractivity contribution is 5.78. The lowest BCUT2D eigenvalue weighted by atomic mass is 9.71. The summed E-state index contributed by atoms with van der Waals surface area (Å²) in [6.07, 6.45) is 4.62. The van der Waals surface area contributed by atoms with Gasteiger partial charge in [-0.05, 0) is 49.8 Å². The quantitative estimate of drug-likeness (QED) is 0.837. The van der Waals surface area contributed by atoms with E-state index in [2.05, 4.69) is 10.1 Å². The largest absolute Gasteiger partial charge is 0.469 e. The number of hydrogen-bond acceptors (Lipinski definition) is 5. The Morgan fingerprint density at radius 1 is 1.44 bits per heavy atom. The molecule has 1 aliphatic carbocycles. The van der Waals surface area contributed by atoms with Crippen LogP contribution < -0.4 is 0 Å². The fraction of sp³-hybridized carbons (Fsp3) is 0.500. The third kappa shape index (κ3) is 3.04. The number of hydrogen-bond donors (Lipinski definition) is 1. The number of halogens is 1. The number of aliphatic hydroxyl groups is 1. The highest BCUT2D eigenvalue weighted by Crippen LogP contribution is 2.52. The number of carbonyl (C=O) groups excluding carboxylic acids is 1. The molecule has 6 nitrogen and oxygen atoms in total. The van der Waals surface area contributed by atoms with Gasteiger partial charge < -0.3 is 9.84 Å². The predicted octanol–water partition coefficient (Wildman–Crippen LogP) is 1.98. The maximum Gasteiger partial charge on any atom is 0.314 e. The Morgan fingerprint density at radius 3 is 2.76 bits per heavy atom. The van der Waals surface area contributed by atoms with Gasteiger partial charge in [0.25, 0.3) is 0 Å². The van der Waals surface area contributed by atoms with Crippen LogP contribution in [0.2, 0.25) is 0 Å². The molecule has 0 aliphatic heterocycles. The van der Waals surface area contributed by atoms with Crippen LogP contribution in [0.25, 0.3) is 0 Å². The summed E-state index contributed by atoms with van der Waals surface area (Å²) in [6.45, 7) is 1.88. The zero-order chi connectivity index (χ0) is 18.1. The van der Waals surface area contributed by atoms with Gasteiger partial charge in [-0.25, -0.2) is 9.37 Å². The zero-order valence-corrected chi connectivity index (χ0v) is 14.4. The SMILES string of the molecule is COC(=O)[C@]1(C)CC[C@H](Cc2ccc(F)cc2)[C@@]1(O)Cn1cncn1. The number of rotatable bonds is 5. The van der Waals surface area contributed by atoms with E-state index in [1.165, 1.54) is 36.6 Å². The lowest BCUT2D eigenvalue weighted by molar-refractivity contribution is -0.173. The van der Waals surface area contributed by atoms with Gasteiger partial charge in [-0.3, -0.25) is 9.48 Å². The molecule has 7 heteroatoms. The molecular formula is C18H22FN3O3. The van der Waals surface area contributed by atoms with E-state index in [9.17, 15) is 14.3 Å². The van der Waals surface area contributed by atoms with Crippen molar-refractivity contribution in [3.8, 4) is 0 Å². The summed E-state index contributed by atoms with van der Waals surface area (Å²) < 4.78 is 19.7. The molecule has 134 valence electrons. The van der Waals surface area contributed by atoms with E-state index in [0.29, 0.717) is 19.3 Å². The molecule has 0 unspecified atom stereocenters. The molecule has 0 saturated heterocycles. The van der Waals surface area contributed by atoms with Crippen LogP contribution in [-0.2, 0) is 22.5 Å². The van der Waals surface area contributed by atoms with Gasteiger partial charge in [0.2, 0.25) is 0 Å². The molecule has 1 heterocycles. The second kappa shape index (κ2) is 6.55. The summed E-state index contributed by atoms with van der Waals surface area (Å²) in [5.41, 5.74) is -1.47. The molecule has 3 rings (SSSR count). The van der Waals surface area contributed by atoms with Gasteiger partial charge in [0, 0.05) is 0 Å². The van der Waals surface area contributed by atoms with Gasteiger partial charge in [0.15, 0.2) is 0 Å². The van der Waals surface area contributed by atoms with Crippen LogP contribution in [0, 0.1) is 17.2 Å². The first-order chi connectivity index (χ1) is 11.9. The standard InChI is InChI=1S/C18H22FN3O3/c1-17(16(23)25-2)8-7-14(9-13-3-5-15(19)6-4-13)18(17,24)10-22-12-20-11-21-22/h3-6,11-12,14,24H,7-10H2,1-2H3/t14-,17+,18+/m1/s1. The van der Waals surface area contributed by atoms with Crippen LogP contribution in [0.5, 0.6) is 0 Å². The molecule has 1 aromatic carbocycles. The maximum absolute atomic E-state index is 13.1. The van der Waals surface area contributed by atoms with Gasteiger partial charge in [-0.15, -0.1) is 0 Å². The first kappa shape index (κ1) is 17.5. The number of benzene rings is 1. The third-order valence-corrected chi connectivity index (χ3v) is 5.52. The third-order valence-electron chi connectivity index (χ3n) is 5.52. The number of ether oxygens (including phenoxy) is 1. The number of carbonyl (C=O) groups is 1. The maximum atomic E-state index is 13.1. The number of esters is 1. The van der Waals surface area contributed by atoms with E-state index in [0.717, 1.165) is 5.56 Å². The second-order valence-electron chi connectivity index (χ2n) is 6.91. The van der Waals surface area contributed by atoms with Crippen molar-refractivity contribution in [2.75, 3.05) is 7.11 Å². The van der Waals surface area contributed by atoms with Crippen LogP contribution in [0.15, 0.2) is 36.9 Å². The molecule has 25 heavy (non-hydrogen) atoms. The number of aromatic nitrogens is 3. The van der Waals surface area contributed by atoms with Gasteiger partial charge in [0.1, 0.15) is 24.1 Å². The Balaban J connectivity index is 1.93. The summed E-state index contributed by atoms with van der Waals surface area (Å²) in [5, 5.41) is 15.7. The minimum absolute atomic E-state index is 0.143.